The average Bonchev–Trinajstić information content (AvgIpc) is 2.95. The minimum atomic E-state index is -0.346. The summed E-state index contributed by atoms with van der Waals surface area (Å²) in [6, 6.07) is 10.1. The number of anilines is 1. The lowest BCUT2D eigenvalue weighted by Crippen LogP contribution is -2.15. The molecule has 6 heteroatoms. The highest BCUT2D eigenvalue weighted by Gasteiger charge is 2.11. The molecule has 2 rings (SSSR count). The summed E-state index contributed by atoms with van der Waals surface area (Å²) in [7, 11) is 0. The molecule has 1 heterocycles. The van der Waals surface area contributed by atoms with Gasteiger partial charge in [0.2, 0.25) is 0 Å². The third kappa shape index (κ3) is 2.97. The Morgan fingerprint density at radius 2 is 2.20 bits per heavy atom. The fourth-order valence-electron chi connectivity index (χ4n) is 1.70. The van der Waals surface area contributed by atoms with Gasteiger partial charge in [0.1, 0.15) is 5.76 Å². The van der Waals surface area contributed by atoms with E-state index in [1.54, 1.807) is 36.4 Å². The maximum absolute atomic E-state index is 12.0. The number of hydrogen-bond acceptors (Lipinski definition) is 4. The molecule has 0 fully saturated rings. The summed E-state index contributed by atoms with van der Waals surface area (Å²) in [6.07, 6.45) is 0.728. The maximum atomic E-state index is 12.0. The number of carbonyl (C=O) groups excluding carboxylic acids is 1. The van der Waals surface area contributed by atoms with Crippen LogP contribution in [0.15, 0.2) is 46.0 Å². The van der Waals surface area contributed by atoms with E-state index in [2.05, 4.69) is 10.5 Å². The number of amidine groups is 1. The molecule has 0 bridgehead atoms. The fourth-order valence-corrected chi connectivity index (χ4v) is 1.70. The molecule has 0 aliphatic rings. The van der Waals surface area contributed by atoms with Crippen LogP contribution in [-0.4, -0.2) is 17.0 Å². The van der Waals surface area contributed by atoms with Crippen LogP contribution in [-0.2, 0) is 6.42 Å². The highest BCUT2D eigenvalue weighted by molar-refractivity contribution is 6.03. The molecule has 6 nitrogen and oxygen atoms in total. The molecule has 1 aromatic carbocycles. The summed E-state index contributed by atoms with van der Waals surface area (Å²) in [6.45, 7) is 1.95. The van der Waals surface area contributed by atoms with Crippen LogP contribution in [0.1, 0.15) is 28.8 Å². The molecular formula is C14H15N3O3. The molecular weight excluding hydrogens is 258 g/mol. The van der Waals surface area contributed by atoms with Gasteiger partial charge in [-0.2, -0.15) is 0 Å². The van der Waals surface area contributed by atoms with Crippen molar-refractivity contribution in [2.24, 2.45) is 10.9 Å². The molecule has 104 valence electrons. The van der Waals surface area contributed by atoms with Gasteiger partial charge < -0.3 is 20.7 Å². The topological polar surface area (TPSA) is 101 Å². The largest absolute Gasteiger partial charge is 0.456 e. The van der Waals surface area contributed by atoms with Crippen LogP contribution >= 0.6 is 0 Å². The van der Waals surface area contributed by atoms with Crippen molar-refractivity contribution in [2.75, 3.05) is 5.32 Å². The molecule has 4 N–H and O–H groups in total. The molecule has 0 spiro atoms. The molecule has 1 aromatic heterocycles. The SMILES string of the molecule is CCc1ccc(C(=O)Nc2cccc(C(N)=NO)c2)o1. The van der Waals surface area contributed by atoms with Gasteiger partial charge in [-0.05, 0) is 24.3 Å². The summed E-state index contributed by atoms with van der Waals surface area (Å²) < 4.78 is 5.37. The van der Waals surface area contributed by atoms with Gasteiger partial charge >= 0.3 is 0 Å². The third-order valence-corrected chi connectivity index (χ3v) is 2.76. The van der Waals surface area contributed by atoms with Crippen molar-refractivity contribution in [1.82, 2.24) is 0 Å². The minimum Gasteiger partial charge on any atom is -0.456 e. The number of aryl methyl sites for hydroxylation is 1. The van der Waals surface area contributed by atoms with Gasteiger partial charge in [-0.15, -0.1) is 0 Å². The number of oxime groups is 1. The number of furan rings is 1. The Morgan fingerprint density at radius 3 is 2.85 bits per heavy atom. The number of amides is 1. The van der Waals surface area contributed by atoms with Crippen molar-refractivity contribution in [3.8, 4) is 0 Å². The second kappa shape index (κ2) is 5.92. The first-order chi connectivity index (χ1) is 9.63. The molecule has 0 atom stereocenters. The Morgan fingerprint density at radius 1 is 1.40 bits per heavy atom. The highest BCUT2D eigenvalue weighted by atomic mass is 16.4. The summed E-state index contributed by atoms with van der Waals surface area (Å²) >= 11 is 0. The standard InChI is InChI=1S/C14H15N3O3/c1-2-11-6-7-12(20-11)14(18)16-10-5-3-4-9(8-10)13(15)17-19/h3-8,19H,2H2,1H3,(H2,15,17)(H,16,18). The van der Waals surface area contributed by atoms with Crippen LogP contribution in [0, 0.1) is 0 Å². The highest BCUT2D eigenvalue weighted by Crippen LogP contribution is 2.14. The predicted molar refractivity (Wildman–Crippen MR) is 75.0 cm³/mol. The van der Waals surface area contributed by atoms with Crippen LogP contribution in [0.3, 0.4) is 0 Å². The number of carbonyl (C=O) groups is 1. The van der Waals surface area contributed by atoms with Crippen LogP contribution in [0.5, 0.6) is 0 Å². The van der Waals surface area contributed by atoms with Crippen LogP contribution in [0.2, 0.25) is 0 Å². The fraction of sp³-hybridized carbons (Fsp3) is 0.143. The van der Waals surface area contributed by atoms with Gasteiger partial charge in [-0.25, -0.2) is 0 Å². The van der Waals surface area contributed by atoms with E-state index in [-0.39, 0.29) is 17.5 Å². The molecule has 0 aliphatic carbocycles. The Labute approximate surface area is 115 Å². The molecule has 0 saturated carbocycles. The van der Waals surface area contributed by atoms with E-state index in [0.29, 0.717) is 11.3 Å². The number of benzene rings is 1. The van der Waals surface area contributed by atoms with Crippen molar-refractivity contribution in [1.29, 1.82) is 0 Å². The Balaban J connectivity index is 2.15. The van der Waals surface area contributed by atoms with Crippen molar-refractivity contribution in [2.45, 2.75) is 13.3 Å². The summed E-state index contributed by atoms with van der Waals surface area (Å²) in [4.78, 5) is 12.0. The van der Waals surface area contributed by atoms with Gasteiger partial charge in [-0.3, -0.25) is 4.79 Å². The lowest BCUT2D eigenvalue weighted by Gasteiger charge is -2.05. The molecule has 0 saturated heterocycles. The first kappa shape index (κ1) is 13.7. The van der Waals surface area contributed by atoms with Crippen molar-refractivity contribution >= 4 is 17.4 Å². The zero-order valence-electron chi connectivity index (χ0n) is 11.0. The van der Waals surface area contributed by atoms with E-state index in [0.717, 1.165) is 12.2 Å². The Kier molecular flexibility index (Phi) is 4.05. The van der Waals surface area contributed by atoms with E-state index in [1.807, 2.05) is 6.92 Å². The Bertz CT molecular complexity index is 647. The average molecular weight is 273 g/mol. The zero-order valence-corrected chi connectivity index (χ0v) is 11.0. The second-order valence-electron chi connectivity index (χ2n) is 4.14. The quantitative estimate of drug-likeness (QED) is 0.344. The lowest BCUT2D eigenvalue weighted by atomic mass is 10.2. The third-order valence-electron chi connectivity index (χ3n) is 2.76. The van der Waals surface area contributed by atoms with Crippen molar-refractivity contribution in [3.05, 3.63) is 53.5 Å². The van der Waals surface area contributed by atoms with Gasteiger partial charge in [0.05, 0.1) is 0 Å². The molecule has 0 unspecified atom stereocenters. The van der Waals surface area contributed by atoms with Gasteiger partial charge in [0.25, 0.3) is 5.91 Å². The first-order valence-electron chi connectivity index (χ1n) is 6.12. The van der Waals surface area contributed by atoms with Crippen molar-refractivity contribution < 1.29 is 14.4 Å². The van der Waals surface area contributed by atoms with Crippen molar-refractivity contribution in [3.63, 3.8) is 0 Å². The molecule has 20 heavy (non-hydrogen) atoms. The normalized spacial score (nSPS) is 11.3. The van der Waals surface area contributed by atoms with E-state index in [9.17, 15) is 4.79 Å². The number of hydrogen-bond donors (Lipinski definition) is 3. The maximum Gasteiger partial charge on any atom is 0.291 e. The van der Waals surface area contributed by atoms with Crippen LogP contribution < -0.4 is 11.1 Å². The smallest absolute Gasteiger partial charge is 0.291 e. The number of rotatable bonds is 4. The van der Waals surface area contributed by atoms with E-state index >= 15 is 0 Å². The predicted octanol–water partition coefficient (Wildman–Crippen LogP) is 2.19. The second-order valence-corrected chi connectivity index (χ2v) is 4.14. The number of nitrogens with two attached hydrogens (primary N) is 1. The molecule has 2 aromatic rings. The summed E-state index contributed by atoms with van der Waals surface area (Å²) in [5.41, 5.74) is 6.54. The molecule has 0 aliphatic heterocycles. The summed E-state index contributed by atoms with van der Waals surface area (Å²) in [5.74, 6) is 0.630. The van der Waals surface area contributed by atoms with Gasteiger partial charge in [-0.1, -0.05) is 24.2 Å². The first-order valence-corrected chi connectivity index (χ1v) is 6.12. The lowest BCUT2D eigenvalue weighted by molar-refractivity contribution is 0.0995. The van der Waals surface area contributed by atoms with Crippen LogP contribution in [0.25, 0.3) is 0 Å². The Hall–Kier alpha value is -2.76. The van der Waals surface area contributed by atoms with Gasteiger partial charge in [0.15, 0.2) is 11.6 Å². The molecule has 0 radical (unpaired) electrons. The van der Waals surface area contributed by atoms with Gasteiger partial charge in [0, 0.05) is 17.7 Å². The monoisotopic (exact) mass is 273 g/mol. The number of nitrogens with one attached hydrogen (secondary N) is 1. The molecule has 1 amide bonds. The van der Waals surface area contributed by atoms with Crippen LogP contribution in [0.4, 0.5) is 5.69 Å². The zero-order chi connectivity index (χ0) is 14.5. The minimum absolute atomic E-state index is 0.0210. The van der Waals surface area contributed by atoms with E-state index < -0.39 is 0 Å². The number of nitrogens with zero attached hydrogens (tertiary/aromatic N) is 1. The van der Waals surface area contributed by atoms with E-state index in [4.69, 9.17) is 15.4 Å². The summed E-state index contributed by atoms with van der Waals surface area (Å²) in [5, 5.41) is 14.2. The van der Waals surface area contributed by atoms with E-state index in [1.165, 1.54) is 0 Å².